The monoisotopic (exact) mass is 362 g/mol. The number of nitrogens with two attached hydrogens (primary N) is 1. The van der Waals surface area contributed by atoms with Gasteiger partial charge < -0.3 is 15.0 Å². The molecule has 0 radical (unpaired) electrons. The normalized spacial score (nSPS) is 17.4. The van der Waals surface area contributed by atoms with Crippen molar-refractivity contribution in [1.29, 1.82) is 0 Å². The number of carbonyl (C=O) groups is 1. The lowest BCUT2D eigenvalue weighted by atomic mass is 10.0. The molecule has 4 rings (SSSR count). The van der Waals surface area contributed by atoms with Crippen LogP contribution in [0, 0.1) is 6.92 Å². The average molecular weight is 362 g/mol. The first-order valence-corrected chi connectivity index (χ1v) is 9.70. The quantitative estimate of drug-likeness (QED) is 0.776. The van der Waals surface area contributed by atoms with Crippen LogP contribution >= 0.6 is 0 Å². The van der Waals surface area contributed by atoms with Gasteiger partial charge in [-0.1, -0.05) is 31.2 Å². The molecule has 27 heavy (non-hydrogen) atoms. The standard InChI is InChI=1S/C22H26N4O/c1-3-16-7-4-5-9-19(16)21-15(2)26-12-10-17(13-20(26)24-21)22(27)25-11-6-8-18(23)14-25/h4-5,7,9-10,12-13,18H,3,6,8,11,14,23H2,1-2H3/t18-/m1/s1. The second kappa shape index (κ2) is 7.16. The van der Waals surface area contributed by atoms with Crippen LogP contribution in [0.4, 0.5) is 0 Å². The van der Waals surface area contributed by atoms with Gasteiger partial charge in [-0.25, -0.2) is 4.98 Å². The number of aromatic nitrogens is 2. The number of likely N-dealkylation sites (tertiary alicyclic amines) is 1. The minimum absolute atomic E-state index is 0.0452. The molecule has 0 unspecified atom stereocenters. The molecule has 1 aliphatic heterocycles. The topological polar surface area (TPSA) is 63.6 Å². The molecule has 5 nitrogen and oxygen atoms in total. The van der Waals surface area contributed by atoms with Gasteiger partial charge in [0.05, 0.1) is 5.69 Å². The van der Waals surface area contributed by atoms with Crippen molar-refractivity contribution in [1.82, 2.24) is 14.3 Å². The average Bonchev–Trinajstić information content (AvgIpc) is 3.03. The highest BCUT2D eigenvalue weighted by atomic mass is 16.2. The van der Waals surface area contributed by atoms with E-state index in [4.69, 9.17) is 10.7 Å². The first kappa shape index (κ1) is 17.7. The molecule has 0 spiro atoms. The number of fused-ring (bicyclic) bond motifs is 1. The Balaban J connectivity index is 1.72. The van der Waals surface area contributed by atoms with E-state index in [0.717, 1.165) is 48.4 Å². The van der Waals surface area contributed by atoms with Crippen molar-refractivity contribution in [2.24, 2.45) is 5.73 Å². The summed E-state index contributed by atoms with van der Waals surface area (Å²) in [5.74, 6) is 0.0452. The first-order valence-electron chi connectivity index (χ1n) is 9.70. The highest BCUT2D eigenvalue weighted by Gasteiger charge is 2.23. The molecule has 1 aromatic carbocycles. The Hall–Kier alpha value is -2.66. The first-order chi connectivity index (χ1) is 13.1. The minimum atomic E-state index is 0.0452. The molecule has 3 aromatic rings. The van der Waals surface area contributed by atoms with E-state index in [-0.39, 0.29) is 11.9 Å². The van der Waals surface area contributed by atoms with Crippen LogP contribution in [0.2, 0.25) is 0 Å². The van der Waals surface area contributed by atoms with E-state index in [1.165, 1.54) is 5.56 Å². The summed E-state index contributed by atoms with van der Waals surface area (Å²) in [4.78, 5) is 19.6. The molecule has 1 fully saturated rings. The number of piperidine rings is 1. The molecule has 1 amide bonds. The summed E-state index contributed by atoms with van der Waals surface area (Å²) in [5.41, 5.74) is 12.0. The number of nitrogens with zero attached hydrogens (tertiary/aromatic N) is 3. The lowest BCUT2D eigenvalue weighted by Gasteiger charge is -2.30. The van der Waals surface area contributed by atoms with Gasteiger partial charge in [0.2, 0.25) is 0 Å². The van der Waals surface area contributed by atoms with Crippen LogP contribution in [0.25, 0.3) is 16.9 Å². The molecule has 0 bridgehead atoms. The molecule has 1 aliphatic rings. The zero-order valence-electron chi connectivity index (χ0n) is 16.0. The van der Waals surface area contributed by atoms with E-state index in [2.05, 4.69) is 36.4 Å². The number of imidazole rings is 1. The van der Waals surface area contributed by atoms with Crippen LogP contribution in [-0.2, 0) is 6.42 Å². The third kappa shape index (κ3) is 3.23. The van der Waals surface area contributed by atoms with Crippen molar-refractivity contribution >= 4 is 11.6 Å². The number of aryl methyl sites for hydroxylation is 2. The van der Waals surface area contributed by atoms with Gasteiger partial charge in [-0.2, -0.15) is 0 Å². The van der Waals surface area contributed by atoms with Crippen LogP contribution in [0.15, 0.2) is 42.6 Å². The summed E-state index contributed by atoms with van der Waals surface area (Å²) in [6.45, 7) is 5.64. The van der Waals surface area contributed by atoms with E-state index in [0.29, 0.717) is 12.1 Å². The molecular formula is C22H26N4O. The van der Waals surface area contributed by atoms with Crippen LogP contribution < -0.4 is 5.73 Å². The van der Waals surface area contributed by atoms with Crippen LogP contribution in [0.1, 0.15) is 41.4 Å². The molecule has 140 valence electrons. The van der Waals surface area contributed by atoms with E-state index in [1.807, 2.05) is 29.3 Å². The van der Waals surface area contributed by atoms with Crippen molar-refractivity contribution in [3.8, 4) is 11.3 Å². The molecule has 5 heteroatoms. The highest BCUT2D eigenvalue weighted by molar-refractivity contribution is 5.95. The molecule has 1 atom stereocenters. The Morgan fingerprint density at radius 3 is 2.89 bits per heavy atom. The molecule has 1 saturated heterocycles. The second-order valence-electron chi connectivity index (χ2n) is 7.35. The molecular weight excluding hydrogens is 336 g/mol. The van der Waals surface area contributed by atoms with Gasteiger partial charge >= 0.3 is 0 Å². The number of benzene rings is 1. The number of carbonyl (C=O) groups excluding carboxylic acids is 1. The maximum Gasteiger partial charge on any atom is 0.254 e. The summed E-state index contributed by atoms with van der Waals surface area (Å²) in [5, 5.41) is 0. The lowest BCUT2D eigenvalue weighted by molar-refractivity contribution is 0.0709. The van der Waals surface area contributed by atoms with Crippen LogP contribution in [0.5, 0.6) is 0 Å². The third-order valence-electron chi connectivity index (χ3n) is 5.51. The number of hydrogen-bond donors (Lipinski definition) is 1. The van der Waals surface area contributed by atoms with Gasteiger partial charge in [0.25, 0.3) is 5.91 Å². The van der Waals surface area contributed by atoms with E-state index < -0.39 is 0 Å². The Labute approximate surface area is 159 Å². The lowest BCUT2D eigenvalue weighted by Crippen LogP contribution is -2.45. The molecule has 2 aromatic heterocycles. The third-order valence-corrected chi connectivity index (χ3v) is 5.51. The predicted octanol–water partition coefficient (Wildman–Crippen LogP) is 3.44. The van der Waals surface area contributed by atoms with Gasteiger partial charge in [-0.15, -0.1) is 0 Å². The van der Waals surface area contributed by atoms with Gasteiger partial charge in [0, 0.05) is 42.1 Å². The van der Waals surface area contributed by atoms with Crippen LogP contribution in [-0.4, -0.2) is 39.3 Å². The predicted molar refractivity (Wildman–Crippen MR) is 108 cm³/mol. The molecule has 0 saturated carbocycles. The van der Waals surface area contributed by atoms with Crippen molar-refractivity contribution in [3.63, 3.8) is 0 Å². The zero-order valence-corrected chi connectivity index (χ0v) is 16.0. The summed E-state index contributed by atoms with van der Waals surface area (Å²) in [6, 6.07) is 12.2. The molecule has 2 N–H and O–H groups in total. The summed E-state index contributed by atoms with van der Waals surface area (Å²) in [7, 11) is 0. The van der Waals surface area contributed by atoms with Gasteiger partial charge in [-0.3, -0.25) is 4.79 Å². The minimum Gasteiger partial charge on any atom is -0.337 e. The smallest absolute Gasteiger partial charge is 0.254 e. The Morgan fingerprint density at radius 1 is 1.30 bits per heavy atom. The van der Waals surface area contributed by atoms with E-state index >= 15 is 0 Å². The van der Waals surface area contributed by atoms with Crippen LogP contribution in [0.3, 0.4) is 0 Å². The second-order valence-corrected chi connectivity index (χ2v) is 7.35. The number of amides is 1. The summed E-state index contributed by atoms with van der Waals surface area (Å²) >= 11 is 0. The van der Waals surface area contributed by atoms with Crippen molar-refractivity contribution in [3.05, 3.63) is 59.4 Å². The number of pyridine rings is 1. The van der Waals surface area contributed by atoms with Gasteiger partial charge in [-0.05, 0) is 43.9 Å². The van der Waals surface area contributed by atoms with Crippen molar-refractivity contribution in [2.45, 2.75) is 39.2 Å². The fourth-order valence-electron chi connectivity index (χ4n) is 3.99. The number of hydrogen-bond acceptors (Lipinski definition) is 3. The highest BCUT2D eigenvalue weighted by Crippen LogP contribution is 2.28. The maximum atomic E-state index is 12.9. The SMILES string of the molecule is CCc1ccccc1-c1nc2cc(C(=O)N3CCC[C@@H](N)C3)ccn2c1C. The zero-order chi connectivity index (χ0) is 19.0. The van der Waals surface area contributed by atoms with Crippen molar-refractivity contribution in [2.75, 3.05) is 13.1 Å². The largest absolute Gasteiger partial charge is 0.337 e. The summed E-state index contributed by atoms with van der Waals surface area (Å²) < 4.78 is 2.06. The summed E-state index contributed by atoms with van der Waals surface area (Å²) in [6.07, 6.45) is 4.87. The fourth-order valence-corrected chi connectivity index (χ4v) is 3.99. The van der Waals surface area contributed by atoms with Crippen molar-refractivity contribution < 1.29 is 4.79 Å². The molecule has 0 aliphatic carbocycles. The fraction of sp³-hybridized carbons (Fsp3) is 0.364. The maximum absolute atomic E-state index is 12.9. The Bertz CT molecular complexity index is 991. The van der Waals surface area contributed by atoms with Gasteiger partial charge in [0.1, 0.15) is 5.65 Å². The Kier molecular flexibility index (Phi) is 4.70. The van der Waals surface area contributed by atoms with Gasteiger partial charge in [0.15, 0.2) is 0 Å². The number of rotatable bonds is 3. The van der Waals surface area contributed by atoms with E-state index in [1.54, 1.807) is 0 Å². The van der Waals surface area contributed by atoms with E-state index in [9.17, 15) is 4.79 Å². The molecule has 3 heterocycles. The Morgan fingerprint density at radius 2 is 2.11 bits per heavy atom.